The lowest BCUT2D eigenvalue weighted by atomic mass is 9.93. The van der Waals surface area contributed by atoms with Crippen molar-refractivity contribution in [2.24, 2.45) is 0 Å². The lowest BCUT2D eigenvalue weighted by Crippen LogP contribution is -2.41. The molecule has 0 aliphatic heterocycles. The van der Waals surface area contributed by atoms with Crippen molar-refractivity contribution in [3.8, 4) is 17.4 Å². The summed E-state index contributed by atoms with van der Waals surface area (Å²) in [6.07, 6.45) is -0.716. The van der Waals surface area contributed by atoms with Crippen LogP contribution in [0.25, 0.3) is 0 Å². The van der Waals surface area contributed by atoms with E-state index in [1.54, 1.807) is 6.07 Å². The van der Waals surface area contributed by atoms with Gasteiger partial charge in [-0.15, -0.1) is 13.2 Å². The number of alkyl halides is 3. The molecule has 1 fully saturated rings. The Bertz CT molecular complexity index is 908. The molecule has 0 atom stereocenters. The molecule has 0 unspecified atom stereocenters. The molecule has 3 rings (SSSR count). The van der Waals surface area contributed by atoms with Crippen LogP contribution in [-0.4, -0.2) is 41.6 Å². The van der Waals surface area contributed by atoms with E-state index in [1.807, 2.05) is 0 Å². The fourth-order valence-corrected chi connectivity index (χ4v) is 3.35. The Kier molecular flexibility index (Phi) is 7.26. The number of carbonyl (C=O) groups is 1. The highest BCUT2D eigenvalue weighted by atomic mass is 35.5. The van der Waals surface area contributed by atoms with Crippen LogP contribution in [0.15, 0.2) is 30.5 Å². The number of rotatable bonds is 6. The van der Waals surface area contributed by atoms with Crippen LogP contribution >= 0.6 is 11.6 Å². The molecule has 1 heterocycles. The first kappa shape index (κ1) is 22.7. The summed E-state index contributed by atoms with van der Waals surface area (Å²) in [6.45, 7) is 0. The Morgan fingerprint density at radius 1 is 1.19 bits per heavy atom. The van der Waals surface area contributed by atoms with Crippen LogP contribution in [-0.2, 0) is 0 Å². The lowest BCUT2D eigenvalue weighted by molar-refractivity contribution is -0.274. The van der Waals surface area contributed by atoms with Crippen molar-refractivity contribution < 1.29 is 32.2 Å². The monoisotopic (exact) mass is 460 g/mol. The quantitative estimate of drug-likeness (QED) is 0.614. The standard InChI is InChI=1S/C19H20ClF3N4O4/c1-29-15-7-6-13(31-19(21,22)23)10-14(15)26-18(28)25-11-2-4-12(5-3-11)30-16-8-9-24-17(20)27-16/h6-12H,2-5H2,1H3,(H2,25,26,28). The summed E-state index contributed by atoms with van der Waals surface area (Å²) >= 11 is 5.74. The molecule has 1 aromatic carbocycles. The number of benzene rings is 1. The van der Waals surface area contributed by atoms with Gasteiger partial charge >= 0.3 is 12.4 Å². The third-order valence-corrected chi connectivity index (χ3v) is 4.73. The zero-order valence-corrected chi connectivity index (χ0v) is 17.2. The zero-order valence-electron chi connectivity index (χ0n) is 16.4. The summed E-state index contributed by atoms with van der Waals surface area (Å²) in [5.41, 5.74) is 0.0550. The number of nitrogens with one attached hydrogen (secondary N) is 2. The van der Waals surface area contributed by atoms with Gasteiger partial charge in [-0.3, -0.25) is 0 Å². The van der Waals surface area contributed by atoms with Crippen LogP contribution in [0, 0.1) is 0 Å². The number of halogens is 4. The Morgan fingerprint density at radius 2 is 1.94 bits per heavy atom. The molecule has 1 aliphatic carbocycles. The van der Waals surface area contributed by atoms with Gasteiger partial charge in [-0.2, -0.15) is 4.98 Å². The third kappa shape index (κ3) is 7.06. The number of urea groups is 1. The van der Waals surface area contributed by atoms with Gasteiger partial charge in [0.1, 0.15) is 17.6 Å². The second kappa shape index (κ2) is 9.90. The number of amides is 2. The van der Waals surface area contributed by atoms with Gasteiger partial charge in [0.05, 0.1) is 12.8 Å². The van der Waals surface area contributed by atoms with Crippen molar-refractivity contribution in [3.63, 3.8) is 0 Å². The number of carbonyl (C=O) groups excluding carboxylic acids is 1. The van der Waals surface area contributed by atoms with E-state index in [9.17, 15) is 18.0 Å². The van der Waals surface area contributed by atoms with E-state index in [2.05, 4.69) is 25.3 Å². The summed E-state index contributed by atoms with van der Waals surface area (Å²) in [5, 5.41) is 5.42. The van der Waals surface area contributed by atoms with Crippen LogP contribution in [0.1, 0.15) is 25.7 Å². The summed E-state index contributed by atoms with van der Waals surface area (Å²) in [5.74, 6) is 0.124. The number of methoxy groups -OCH3 is 1. The van der Waals surface area contributed by atoms with E-state index < -0.39 is 18.1 Å². The Labute approximate surface area is 181 Å². The number of hydrogen-bond acceptors (Lipinski definition) is 6. The van der Waals surface area contributed by atoms with Gasteiger partial charge in [0.2, 0.25) is 11.2 Å². The molecular weight excluding hydrogens is 441 g/mol. The summed E-state index contributed by atoms with van der Waals surface area (Å²) in [7, 11) is 1.34. The number of aromatic nitrogens is 2. The molecule has 2 N–H and O–H groups in total. The van der Waals surface area contributed by atoms with Gasteiger partial charge in [0, 0.05) is 24.4 Å². The van der Waals surface area contributed by atoms with Crippen LogP contribution < -0.4 is 24.8 Å². The highest BCUT2D eigenvalue weighted by Crippen LogP contribution is 2.32. The van der Waals surface area contributed by atoms with Crippen molar-refractivity contribution in [2.75, 3.05) is 12.4 Å². The van der Waals surface area contributed by atoms with Crippen LogP contribution in [0.3, 0.4) is 0 Å². The second-order valence-corrected chi connectivity index (χ2v) is 7.10. The fourth-order valence-electron chi connectivity index (χ4n) is 3.21. The first-order valence-corrected chi connectivity index (χ1v) is 9.76. The molecule has 2 aromatic rings. The summed E-state index contributed by atoms with van der Waals surface area (Å²) < 4.78 is 52.1. The summed E-state index contributed by atoms with van der Waals surface area (Å²) in [4.78, 5) is 20.1. The molecular formula is C19H20ClF3N4O4. The first-order chi connectivity index (χ1) is 14.7. The molecule has 2 amide bonds. The summed E-state index contributed by atoms with van der Waals surface area (Å²) in [6, 6.07) is 4.36. The minimum Gasteiger partial charge on any atom is -0.495 e. The van der Waals surface area contributed by atoms with Crippen molar-refractivity contribution >= 4 is 23.3 Å². The van der Waals surface area contributed by atoms with Crippen molar-refractivity contribution in [2.45, 2.75) is 44.2 Å². The van der Waals surface area contributed by atoms with Crippen molar-refractivity contribution in [3.05, 3.63) is 35.7 Å². The topological polar surface area (TPSA) is 94.6 Å². The molecule has 0 saturated heterocycles. The molecule has 0 radical (unpaired) electrons. The number of hydrogen-bond donors (Lipinski definition) is 2. The SMILES string of the molecule is COc1ccc(OC(F)(F)F)cc1NC(=O)NC1CCC(Oc2ccnc(Cl)n2)CC1. The second-order valence-electron chi connectivity index (χ2n) is 6.76. The van der Waals surface area contributed by atoms with Gasteiger partial charge in [0.25, 0.3) is 0 Å². The number of ether oxygens (including phenoxy) is 3. The van der Waals surface area contributed by atoms with E-state index in [0.29, 0.717) is 31.6 Å². The normalized spacial score (nSPS) is 18.7. The molecule has 1 saturated carbocycles. The Balaban J connectivity index is 1.51. The van der Waals surface area contributed by atoms with Gasteiger partial charge in [-0.1, -0.05) is 0 Å². The van der Waals surface area contributed by atoms with Crippen molar-refractivity contribution in [1.29, 1.82) is 0 Å². The minimum absolute atomic E-state index is 0.0550. The smallest absolute Gasteiger partial charge is 0.495 e. The Morgan fingerprint density at radius 3 is 2.58 bits per heavy atom. The van der Waals surface area contributed by atoms with Crippen LogP contribution in [0.2, 0.25) is 5.28 Å². The molecule has 0 bridgehead atoms. The molecule has 12 heteroatoms. The van der Waals surface area contributed by atoms with Crippen LogP contribution in [0.4, 0.5) is 23.7 Å². The number of anilines is 1. The van der Waals surface area contributed by atoms with Crippen molar-refractivity contribution in [1.82, 2.24) is 15.3 Å². The Hall–Kier alpha value is -2.95. The molecule has 8 nitrogen and oxygen atoms in total. The van der Waals surface area contributed by atoms with E-state index in [0.717, 1.165) is 12.1 Å². The van der Waals surface area contributed by atoms with Gasteiger partial charge < -0.3 is 24.8 Å². The lowest BCUT2D eigenvalue weighted by Gasteiger charge is -2.29. The van der Waals surface area contributed by atoms with E-state index in [-0.39, 0.29) is 28.9 Å². The molecule has 1 aliphatic rings. The molecule has 31 heavy (non-hydrogen) atoms. The third-order valence-electron chi connectivity index (χ3n) is 4.55. The highest BCUT2D eigenvalue weighted by Gasteiger charge is 2.31. The predicted octanol–water partition coefficient (Wildman–Crippen LogP) is 4.55. The zero-order chi connectivity index (χ0) is 22.4. The van der Waals surface area contributed by atoms with Crippen LogP contribution in [0.5, 0.6) is 17.4 Å². The predicted molar refractivity (Wildman–Crippen MR) is 106 cm³/mol. The van der Waals surface area contributed by atoms with E-state index in [4.69, 9.17) is 21.1 Å². The van der Waals surface area contributed by atoms with Gasteiger partial charge in [-0.25, -0.2) is 9.78 Å². The van der Waals surface area contributed by atoms with Gasteiger partial charge in [-0.05, 0) is 49.4 Å². The first-order valence-electron chi connectivity index (χ1n) is 9.38. The van der Waals surface area contributed by atoms with E-state index in [1.165, 1.54) is 19.4 Å². The van der Waals surface area contributed by atoms with E-state index >= 15 is 0 Å². The average molecular weight is 461 g/mol. The maximum absolute atomic E-state index is 12.4. The highest BCUT2D eigenvalue weighted by molar-refractivity contribution is 6.28. The fraction of sp³-hybridized carbons (Fsp3) is 0.421. The maximum Gasteiger partial charge on any atom is 0.573 e. The molecule has 1 aromatic heterocycles. The number of nitrogens with zero attached hydrogens (tertiary/aromatic N) is 2. The average Bonchev–Trinajstić information content (AvgIpc) is 2.68. The largest absolute Gasteiger partial charge is 0.573 e. The molecule has 168 valence electrons. The van der Waals surface area contributed by atoms with Gasteiger partial charge in [0.15, 0.2) is 0 Å². The minimum atomic E-state index is -4.84. The maximum atomic E-state index is 12.4. The molecule has 0 spiro atoms.